The minimum absolute atomic E-state index is 0. The second-order valence-corrected chi connectivity index (χ2v) is 8.62. The zero-order chi connectivity index (χ0) is 7.61. The van der Waals surface area contributed by atoms with Gasteiger partial charge in [-0.05, 0) is 0 Å². The topological polar surface area (TPSA) is 0 Å². The van der Waals surface area contributed by atoms with Gasteiger partial charge in [0.2, 0.25) is 0 Å². The van der Waals surface area contributed by atoms with E-state index in [1.807, 2.05) is 12.1 Å². The monoisotopic (exact) mass is 208 g/mol. The third-order valence-corrected chi connectivity index (χ3v) is 3.65. The summed E-state index contributed by atoms with van der Waals surface area (Å²) in [6.45, 7) is 7.05. The zero-order valence-electron chi connectivity index (χ0n) is 7.89. The minimum Gasteiger partial charge on any atom is -1.00 e. The molecule has 0 spiro atoms. The molecule has 0 bridgehead atoms. The predicted molar refractivity (Wildman–Crippen MR) is 54.0 cm³/mol. The number of halogens is 1. The van der Waals surface area contributed by atoms with Crippen molar-refractivity contribution in [2.24, 2.45) is 0 Å². The zero-order valence-corrected chi connectivity index (χ0v) is 11.1. The van der Waals surface area contributed by atoms with Crippen LogP contribution in [0.2, 0.25) is 19.6 Å². The second kappa shape index (κ2) is 6.02. The van der Waals surface area contributed by atoms with Crippen LogP contribution in [0.4, 0.5) is 0 Å². The molecule has 0 aliphatic carbocycles. The quantitative estimate of drug-likeness (QED) is 0.396. The Labute approximate surface area is 98.3 Å². The molecule has 0 heterocycles. The molecular formula is C9H13ClMgSi. The fourth-order valence-corrected chi connectivity index (χ4v) is 2.05. The SMILES string of the molecule is C[Si](C)(C)c1cc[c-]cc1.[Cl-].[Mg+2]. The van der Waals surface area contributed by atoms with Crippen molar-refractivity contribution < 1.29 is 12.4 Å². The third kappa shape index (κ3) is 4.50. The summed E-state index contributed by atoms with van der Waals surface area (Å²) in [5, 5.41) is 1.51. The van der Waals surface area contributed by atoms with Crippen molar-refractivity contribution in [3.63, 3.8) is 0 Å². The van der Waals surface area contributed by atoms with Crippen LogP contribution in [0.25, 0.3) is 0 Å². The Hall–Kier alpha value is 0.493. The molecule has 0 saturated heterocycles. The van der Waals surface area contributed by atoms with Crippen LogP contribution in [0, 0.1) is 6.07 Å². The summed E-state index contributed by atoms with van der Waals surface area (Å²) in [6, 6.07) is 11.4. The van der Waals surface area contributed by atoms with E-state index >= 15 is 0 Å². The Morgan fingerprint density at radius 3 is 1.75 bits per heavy atom. The molecule has 0 saturated carbocycles. The molecule has 12 heavy (non-hydrogen) atoms. The molecule has 0 unspecified atom stereocenters. The smallest absolute Gasteiger partial charge is 1.00 e. The second-order valence-electron chi connectivity index (χ2n) is 3.54. The van der Waals surface area contributed by atoms with E-state index in [1.165, 1.54) is 5.19 Å². The Balaban J connectivity index is 0. The van der Waals surface area contributed by atoms with Gasteiger partial charge >= 0.3 is 23.1 Å². The first-order valence-electron chi connectivity index (χ1n) is 3.57. The van der Waals surface area contributed by atoms with Gasteiger partial charge in [0, 0.05) is 0 Å². The Bertz CT molecular complexity index is 206. The van der Waals surface area contributed by atoms with Crippen molar-refractivity contribution in [1.29, 1.82) is 0 Å². The standard InChI is InChI=1S/C9H13Si.ClH.Mg/c1-10(2,3)9-7-5-4-6-8-9;;/h5-8H,1-3H3;1H;/q-1;;+2/p-1. The van der Waals surface area contributed by atoms with Crippen molar-refractivity contribution in [2.45, 2.75) is 19.6 Å². The summed E-state index contributed by atoms with van der Waals surface area (Å²) >= 11 is 0. The van der Waals surface area contributed by atoms with E-state index in [1.54, 1.807) is 0 Å². The van der Waals surface area contributed by atoms with Gasteiger partial charge in [-0.3, -0.25) is 0 Å². The number of hydrogen-bond acceptors (Lipinski definition) is 0. The van der Waals surface area contributed by atoms with Gasteiger partial charge in [0.25, 0.3) is 0 Å². The van der Waals surface area contributed by atoms with E-state index < -0.39 is 8.07 Å². The van der Waals surface area contributed by atoms with Crippen molar-refractivity contribution in [2.75, 3.05) is 0 Å². The van der Waals surface area contributed by atoms with Crippen LogP contribution >= 0.6 is 0 Å². The first kappa shape index (κ1) is 15.0. The van der Waals surface area contributed by atoms with Crippen LogP contribution in [0.3, 0.4) is 0 Å². The Morgan fingerprint density at radius 1 is 1.08 bits per heavy atom. The van der Waals surface area contributed by atoms with Gasteiger partial charge in [0.15, 0.2) is 0 Å². The van der Waals surface area contributed by atoms with E-state index in [4.69, 9.17) is 0 Å². The van der Waals surface area contributed by atoms with Crippen LogP contribution in [0.15, 0.2) is 24.3 Å². The van der Waals surface area contributed by atoms with Gasteiger partial charge in [-0.25, -0.2) is 0 Å². The molecule has 0 atom stereocenters. The van der Waals surface area contributed by atoms with E-state index in [-0.39, 0.29) is 35.5 Å². The molecule has 1 rings (SSSR count). The molecular weight excluding hydrogens is 196 g/mol. The average molecular weight is 209 g/mol. The maximum Gasteiger partial charge on any atom is 2.00 e. The van der Waals surface area contributed by atoms with E-state index in [2.05, 4.69) is 37.8 Å². The summed E-state index contributed by atoms with van der Waals surface area (Å²) in [6.07, 6.45) is 0. The molecule has 0 amide bonds. The van der Waals surface area contributed by atoms with Crippen molar-refractivity contribution in [1.82, 2.24) is 0 Å². The third-order valence-electron chi connectivity index (χ3n) is 1.58. The fraction of sp³-hybridized carbons (Fsp3) is 0.333. The van der Waals surface area contributed by atoms with E-state index in [9.17, 15) is 0 Å². The summed E-state index contributed by atoms with van der Waals surface area (Å²) < 4.78 is 0. The van der Waals surface area contributed by atoms with Gasteiger partial charge in [-0.2, -0.15) is 35.5 Å². The van der Waals surface area contributed by atoms with Crippen LogP contribution in [0.5, 0.6) is 0 Å². The molecule has 0 fully saturated rings. The number of benzene rings is 1. The molecule has 0 nitrogen and oxygen atoms in total. The molecule has 62 valence electrons. The van der Waals surface area contributed by atoms with Crippen LogP contribution in [0.1, 0.15) is 0 Å². The van der Waals surface area contributed by atoms with Gasteiger partial charge in [-0.15, -0.1) is 0 Å². The summed E-state index contributed by atoms with van der Waals surface area (Å²) in [7, 11) is -1.05. The first-order valence-corrected chi connectivity index (χ1v) is 7.07. The molecule has 0 aliphatic rings. The van der Waals surface area contributed by atoms with Crippen molar-refractivity contribution in [3.8, 4) is 0 Å². The number of rotatable bonds is 1. The summed E-state index contributed by atoms with van der Waals surface area (Å²) in [5.41, 5.74) is 0. The van der Waals surface area contributed by atoms with Gasteiger partial charge in [-0.1, -0.05) is 19.6 Å². The van der Waals surface area contributed by atoms with Gasteiger partial charge < -0.3 is 12.4 Å². The predicted octanol–water partition coefficient (Wildman–Crippen LogP) is -1.34. The molecule has 1 aromatic rings. The molecule has 0 radical (unpaired) electrons. The maximum absolute atomic E-state index is 3.03. The van der Waals surface area contributed by atoms with Gasteiger partial charge in [0.05, 0.1) is 8.07 Å². The summed E-state index contributed by atoms with van der Waals surface area (Å²) in [5.74, 6) is 0. The maximum atomic E-state index is 3.03. The molecule has 0 aliphatic heterocycles. The van der Waals surface area contributed by atoms with E-state index in [0.29, 0.717) is 0 Å². The summed E-state index contributed by atoms with van der Waals surface area (Å²) in [4.78, 5) is 0. The number of hydrogen-bond donors (Lipinski definition) is 0. The van der Waals surface area contributed by atoms with Crippen LogP contribution < -0.4 is 17.6 Å². The Morgan fingerprint density at radius 2 is 1.50 bits per heavy atom. The van der Waals surface area contributed by atoms with Gasteiger partial charge in [0.1, 0.15) is 0 Å². The largest absolute Gasteiger partial charge is 2.00 e. The van der Waals surface area contributed by atoms with Crippen molar-refractivity contribution >= 4 is 36.3 Å². The van der Waals surface area contributed by atoms with Crippen LogP contribution in [-0.4, -0.2) is 31.1 Å². The first-order chi connectivity index (χ1) is 4.61. The van der Waals surface area contributed by atoms with Crippen LogP contribution in [-0.2, 0) is 0 Å². The minimum atomic E-state index is -1.05. The molecule has 1 aromatic carbocycles. The normalized spacial score (nSPS) is 9.58. The molecule has 3 heteroatoms. The van der Waals surface area contributed by atoms with E-state index in [0.717, 1.165) is 0 Å². The van der Waals surface area contributed by atoms with Crippen molar-refractivity contribution in [3.05, 3.63) is 30.3 Å². The molecule has 0 N–H and O–H groups in total. The molecule has 0 aromatic heterocycles. The Kier molecular flexibility index (Phi) is 7.52. The fourth-order valence-electron chi connectivity index (χ4n) is 0.887. The average Bonchev–Trinajstić information content (AvgIpc) is 1.88.